The van der Waals surface area contributed by atoms with Gasteiger partial charge in [0, 0.05) is 4.47 Å². The van der Waals surface area contributed by atoms with Crippen molar-refractivity contribution in [3.8, 4) is 11.5 Å². The molecule has 1 N–H and O–H groups in total. The first-order valence-electron chi connectivity index (χ1n) is 7.65. The molecule has 0 aromatic heterocycles. The van der Waals surface area contributed by atoms with E-state index in [-0.39, 0.29) is 5.57 Å². The molecule has 0 aliphatic heterocycles. The lowest BCUT2D eigenvalue weighted by molar-refractivity contribution is -0.130. The Morgan fingerprint density at radius 2 is 1.67 bits per heavy atom. The van der Waals surface area contributed by atoms with Gasteiger partial charge in [0.05, 0.1) is 18.8 Å². The summed E-state index contributed by atoms with van der Waals surface area (Å²) in [5, 5.41) is 9.59. The predicted octanol–water partition coefficient (Wildman–Crippen LogP) is 4.87. The number of hydrogen-bond acceptors (Lipinski definition) is 3. The maximum Gasteiger partial charge on any atom is 0.336 e. The molecule has 0 bridgehead atoms. The topological polar surface area (TPSA) is 55.8 Å². The molecule has 2 rings (SSSR count). The van der Waals surface area contributed by atoms with Gasteiger partial charge in [-0.05, 0) is 55.3 Å². The molecule has 0 amide bonds. The van der Waals surface area contributed by atoms with Crippen LogP contribution >= 0.6 is 15.9 Å². The molecular weight excluding hydrogens is 372 g/mol. The summed E-state index contributed by atoms with van der Waals surface area (Å²) in [6.45, 7) is 4.75. The highest BCUT2D eigenvalue weighted by atomic mass is 79.9. The Balaban J connectivity index is 2.45. The largest absolute Gasteiger partial charge is 0.490 e. The first kappa shape index (κ1) is 18.1. The lowest BCUT2D eigenvalue weighted by Crippen LogP contribution is -2.03. The summed E-state index contributed by atoms with van der Waals surface area (Å²) in [7, 11) is 0. The van der Waals surface area contributed by atoms with Crippen LogP contribution in [-0.2, 0) is 4.79 Å². The molecule has 126 valence electrons. The minimum atomic E-state index is -0.996. The lowest BCUT2D eigenvalue weighted by Gasteiger charge is -2.13. The number of rotatable bonds is 7. The van der Waals surface area contributed by atoms with Crippen molar-refractivity contribution in [3.05, 3.63) is 58.1 Å². The van der Waals surface area contributed by atoms with E-state index < -0.39 is 5.97 Å². The van der Waals surface area contributed by atoms with Crippen LogP contribution in [0.3, 0.4) is 0 Å². The molecule has 0 aliphatic rings. The fourth-order valence-electron chi connectivity index (χ4n) is 2.21. The molecule has 0 radical (unpaired) electrons. The molecule has 0 heterocycles. The highest BCUT2D eigenvalue weighted by molar-refractivity contribution is 9.10. The molecule has 0 saturated heterocycles. The second kappa shape index (κ2) is 8.55. The zero-order valence-corrected chi connectivity index (χ0v) is 15.2. The summed E-state index contributed by atoms with van der Waals surface area (Å²) in [5.41, 5.74) is 1.57. The summed E-state index contributed by atoms with van der Waals surface area (Å²) in [6, 6.07) is 12.6. The Labute approximate surface area is 149 Å². The van der Waals surface area contributed by atoms with Crippen LogP contribution in [0.2, 0.25) is 0 Å². The van der Waals surface area contributed by atoms with E-state index in [1.165, 1.54) is 0 Å². The van der Waals surface area contributed by atoms with E-state index in [0.717, 1.165) is 10.0 Å². The van der Waals surface area contributed by atoms with Crippen LogP contribution in [0.25, 0.3) is 11.6 Å². The maximum absolute atomic E-state index is 11.7. The van der Waals surface area contributed by atoms with Crippen LogP contribution < -0.4 is 9.47 Å². The van der Waals surface area contributed by atoms with Crippen molar-refractivity contribution in [2.75, 3.05) is 13.2 Å². The Morgan fingerprint density at radius 3 is 2.25 bits per heavy atom. The summed E-state index contributed by atoms with van der Waals surface area (Å²) in [5.74, 6) is 0.154. The van der Waals surface area contributed by atoms with Gasteiger partial charge in [-0.1, -0.05) is 34.1 Å². The molecule has 0 saturated carbocycles. The summed E-state index contributed by atoms with van der Waals surface area (Å²) < 4.78 is 12.0. The second-order valence-corrected chi connectivity index (χ2v) is 5.86. The van der Waals surface area contributed by atoms with E-state index in [9.17, 15) is 9.90 Å². The van der Waals surface area contributed by atoms with Gasteiger partial charge in [0.1, 0.15) is 0 Å². The summed E-state index contributed by atoms with van der Waals surface area (Å²) in [6.07, 6.45) is 1.64. The minimum Gasteiger partial charge on any atom is -0.490 e. The predicted molar refractivity (Wildman–Crippen MR) is 98.4 cm³/mol. The van der Waals surface area contributed by atoms with Gasteiger partial charge in [0.25, 0.3) is 0 Å². The first-order valence-corrected chi connectivity index (χ1v) is 8.45. The molecule has 0 atom stereocenters. The molecule has 5 heteroatoms. The van der Waals surface area contributed by atoms with E-state index in [0.29, 0.717) is 30.3 Å². The summed E-state index contributed by atoms with van der Waals surface area (Å²) in [4.78, 5) is 11.7. The molecule has 0 aliphatic carbocycles. The fraction of sp³-hybridized carbons (Fsp3) is 0.211. The number of ether oxygens (including phenoxy) is 2. The monoisotopic (exact) mass is 390 g/mol. The van der Waals surface area contributed by atoms with Gasteiger partial charge < -0.3 is 14.6 Å². The quantitative estimate of drug-likeness (QED) is 0.540. The third kappa shape index (κ3) is 4.61. The van der Waals surface area contributed by atoms with Crippen molar-refractivity contribution in [3.63, 3.8) is 0 Å². The fourth-order valence-corrected chi connectivity index (χ4v) is 2.48. The first-order chi connectivity index (χ1) is 11.5. The van der Waals surface area contributed by atoms with Gasteiger partial charge in [-0.3, -0.25) is 0 Å². The van der Waals surface area contributed by atoms with E-state index in [1.54, 1.807) is 24.3 Å². The molecule has 0 fully saturated rings. The molecule has 4 nitrogen and oxygen atoms in total. The highest BCUT2D eigenvalue weighted by Gasteiger charge is 2.14. The highest BCUT2D eigenvalue weighted by Crippen LogP contribution is 2.32. The number of hydrogen-bond donors (Lipinski definition) is 1. The Bertz CT molecular complexity index is 736. The molecular formula is C19H19BrO4. The van der Waals surface area contributed by atoms with Crippen LogP contribution in [0.1, 0.15) is 25.0 Å². The van der Waals surface area contributed by atoms with E-state index in [1.807, 2.05) is 38.1 Å². The number of aliphatic carboxylic acids is 1. The molecule has 24 heavy (non-hydrogen) atoms. The van der Waals surface area contributed by atoms with Crippen LogP contribution in [0.15, 0.2) is 46.9 Å². The van der Waals surface area contributed by atoms with E-state index in [2.05, 4.69) is 15.9 Å². The summed E-state index contributed by atoms with van der Waals surface area (Å²) >= 11 is 3.37. The third-order valence-corrected chi connectivity index (χ3v) is 3.79. The van der Waals surface area contributed by atoms with Gasteiger partial charge in [-0.15, -0.1) is 0 Å². The Hall–Kier alpha value is -2.27. The minimum absolute atomic E-state index is 0.196. The average molecular weight is 391 g/mol. The zero-order valence-electron chi connectivity index (χ0n) is 13.6. The van der Waals surface area contributed by atoms with Gasteiger partial charge >= 0.3 is 5.97 Å². The standard InChI is InChI=1S/C19H19BrO4/c1-3-23-17-10-7-14(12-18(17)24-4-2)16(19(21)22)11-13-5-8-15(20)9-6-13/h5-12H,3-4H2,1-2H3,(H,21,22). The second-order valence-electron chi connectivity index (χ2n) is 4.94. The van der Waals surface area contributed by atoms with Crippen molar-refractivity contribution < 1.29 is 19.4 Å². The normalized spacial score (nSPS) is 11.2. The molecule has 2 aromatic carbocycles. The number of halogens is 1. The Morgan fingerprint density at radius 1 is 1.04 bits per heavy atom. The van der Waals surface area contributed by atoms with Crippen molar-refractivity contribution in [1.82, 2.24) is 0 Å². The number of carbonyl (C=O) groups is 1. The van der Waals surface area contributed by atoms with Crippen LogP contribution in [0, 0.1) is 0 Å². The van der Waals surface area contributed by atoms with Crippen LogP contribution in [0.4, 0.5) is 0 Å². The molecule has 0 spiro atoms. The SMILES string of the molecule is CCOc1ccc(C(=Cc2ccc(Br)cc2)C(=O)O)cc1OCC. The smallest absolute Gasteiger partial charge is 0.336 e. The van der Waals surface area contributed by atoms with Gasteiger partial charge in [0.2, 0.25) is 0 Å². The van der Waals surface area contributed by atoms with Crippen molar-refractivity contribution in [2.45, 2.75) is 13.8 Å². The van der Waals surface area contributed by atoms with Crippen molar-refractivity contribution >= 4 is 33.5 Å². The zero-order chi connectivity index (χ0) is 17.5. The Kier molecular flexibility index (Phi) is 6.44. The maximum atomic E-state index is 11.7. The van der Waals surface area contributed by atoms with E-state index in [4.69, 9.17) is 9.47 Å². The number of benzene rings is 2. The van der Waals surface area contributed by atoms with Gasteiger partial charge in [0.15, 0.2) is 11.5 Å². The van der Waals surface area contributed by atoms with Crippen molar-refractivity contribution in [1.29, 1.82) is 0 Å². The number of carboxylic acid groups (broad SMARTS) is 1. The molecule has 0 unspecified atom stereocenters. The van der Waals surface area contributed by atoms with Crippen LogP contribution in [0.5, 0.6) is 11.5 Å². The van der Waals surface area contributed by atoms with E-state index >= 15 is 0 Å². The van der Waals surface area contributed by atoms with Crippen molar-refractivity contribution in [2.24, 2.45) is 0 Å². The third-order valence-electron chi connectivity index (χ3n) is 3.27. The lowest BCUT2D eigenvalue weighted by atomic mass is 10.0. The molecule has 2 aromatic rings. The van der Waals surface area contributed by atoms with Gasteiger partial charge in [-0.2, -0.15) is 0 Å². The van der Waals surface area contributed by atoms with Gasteiger partial charge in [-0.25, -0.2) is 4.79 Å². The average Bonchev–Trinajstić information content (AvgIpc) is 2.56. The number of carboxylic acids is 1. The van der Waals surface area contributed by atoms with Crippen LogP contribution in [-0.4, -0.2) is 24.3 Å².